The Labute approximate surface area is 162 Å². The fourth-order valence-electron chi connectivity index (χ4n) is 2.72. The summed E-state index contributed by atoms with van der Waals surface area (Å²) in [5.41, 5.74) is 2.61. The van der Waals surface area contributed by atoms with E-state index >= 15 is 0 Å². The lowest BCUT2D eigenvalue weighted by Gasteiger charge is -2.35. The predicted octanol–water partition coefficient (Wildman–Crippen LogP) is 2.34. The molecule has 0 spiro atoms. The van der Waals surface area contributed by atoms with Gasteiger partial charge in [-0.3, -0.25) is 9.89 Å². The summed E-state index contributed by atoms with van der Waals surface area (Å²) in [4.78, 5) is 6.73. The summed E-state index contributed by atoms with van der Waals surface area (Å²) in [6.07, 6.45) is 1.83. The van der Waals surface area contributed by atoms with Crippen molar-refractivity contribution < 1.29 is 4.74 Å². The zero-order valence-corrected chi connectivity index (χ0v) is 17.0. The van der Waals surface area contributed by atoms with Gasteiger partial charge in [-0.15, -0.1) is 30.6 Å². The van der Waals surface area contributed by atoms with Crippen LogP contribution < -0.4 is 10.6 Å². The molecule has 1 saturated heterocycles. The second kappa shape index (κ2) is 11.4. The number of halogens is 1. The molecule has 0 amide bonds. The number of rotatable bonds is 6. The normalized spacial score (nSPS) is 16.8. The summed E-state index contributed by atoms with van der Waals surface area (Å²) in [7, 11) is 1.79. The van der Waals surface area contributed by atoms with Crippen LogP contribution in [0.2, 0.25) is 0 Å². The summed E-state index contributed by atoms with van der Waals surface area (Å²) >= 11 is 0. The first kappa shape index (κ1) is 20.9. The Hall–Kier alpha value is -1.12. The summed E-state index contributed by atoms with van der Waals surface area (Å²) < 4.78 is 5.50. The minimum Gasteiger partial charge on any atom is -0.379 e. The number of benzene rings is 1. The lowest BCUT2D eigenvalue weighted by Crippen LogP contribution is -2.46. The van der Waals surface area contributed by atoms with Crippen LogP contribution in [0.15, 0.2) is 41.9 Å². The van der Waals surface area contributed by atoms with E-state index in [0.717, 1.165) is 38.8 Å². The van der Waals surface area contributed by atoms with Crippen LogP contribution in [-0.4, -0.2) is 57.3 Å². The fourth-order valence-corrected chi connectivity index (χ4v) is 2.72. The third-order valence-electron chi connectivity index (χ3n) is 4.05. The third kappa shape index (κ3) is 6.41. The van der Waals surface area contributed by atoms with Gasteiger partial charge in [-0.25, -0.2) is 0 Å². The van der Waals surface area contributed by atoms with Crippen LogP contribution in [0, 0.1) is 6.92 Å². The van der Waals surface area contributed by atoms with E-state index in [9.17, 15) is 0 Å². The Balaban J connectivity index is 0.00000288. The second-order valence-corrected chi connectivity index (χ2v) is 5.70. The van der Waals surface area contributed by atoms with Crippen molar-refractivity contribution in [2.24, 2.45) is 4.99 Å². The van der Waals surface area contributed by atoms with E-state index in [1.165, 1.54) is 11.1 Å². The Morgan fingerprint density at radius 3 is 2.54 bits per heavy atom. The number of hydrogen-bond donors (Lipinski definition) is 2. The van der Waals surface area contributed by atoms with Crippen LogP contribution in [0.4, 0.5) is 0 Å². The molecule has 0 radical (unpaired) electrons. The molecule has 0 aliphatic carbocycles. The largest absolute Gasteiger partial charge is 0.379 e. The summed E-state index contributed by atoms with van der Waals surface area (Å²) in [6.45, 7) is 10.9. The molecule has 2 N–H and O–H groups in total. The van der Waals surface area contributed by atoms with Gasteiger partial charge >= 0.3 is 0 Å². The number of aliphatic imine (C=N–C) groups is 1. The predicted molar refractivity (Wildman–Crippen MR) is 111 cm³/mol. The van der Waals surface area contributed by atoms with Crippen molar-refractivity contribution in [3.63, 3.8) is 0 Å². The van der Waals surface area contributed by atoms with E-state index in [0.29, 0.717) is 12.6 Å². The molecule has 1 fully saturated rings. The van der Waals surface area contributed by atoms with Crippen molar-refractivity contribution in [1.29, 1.82) is 0 Å². The van der Waals surface area contributed by atoms with Gasteiger partial charge in [0.05, 0.1) is 19.3 Å². The molecule has 1 heterocycles. The molecular weight excluding hydrogens is 415 g/mol. The SMILES string of the molecule is C=CCNC(=NC)NCC(c1ccc(C)cc1)N1CCOCC1.I. The highest BCUT2D eigenvalue weighted by atomic mass is 127. The number of nitrogens with zero attached hydrogens (tertiary/aromatic N) is 2. The van der Waals surface area contributed by atoms with Gasteiger partial charge in [0.25, 0.3) is 0 Å². The Bertz CT molecular complexity index is 512. The quantitative estimate of drug-likeness (QED) is 0.306. The van der Waals surface area contributed by atoms with Crippen molar-refractivity contribution in [3.8, 4) is 0 Å². The summed E-state index contributed by atoms with van der Waals surface area (Å²) in [5, 5.41) is 6.64. The van der Waals surface area contributed by atoms with E-state index < -0.39 is 0 Å². The molecule has 1 atom stereocenters. The number of ether oxygens (including phenoxy) is 1. The van der Waals surface area contributed by atoms with Crippen LogP contribution in [0.5, 0.6) is 0 Å². The molecule has 1 aromatic rings. The minimum atomic E-state index is 0. The Morgan fingerprint density at radius 2 is 1.96 bits per heavy atom. The van der Waals surface area contributed by atoms with E-state index in [2.05, 4.69) is 58.3 Å². The molecule has 24 heavy (non-hydrogen) atoms. The molecule has 2 rings (SSSR count). The van der Waals surface area contributed by atoms with Crippen LogP contribution in [-0.2, 0) is 4.74 Å². The van der Waals surface area contributed by atoms with Gasteiger partial charge in [0.1, 0.15) is 0 Å². The molecule has 1 aliphatic heterocycles. The minimum absolute atomic E-state index is 0. The van der Waals surface area contributed by atoms with E-state index in [4.69, 9.17) is 4.74 Å². The fraction of sp³-hybridized carbons (Fsp3) is 0.500. The average molecular weight is 444 g/mol. The maximum atomic E-state index is 5.50. The van der Waals surface area contributed by atoms with Crippen LogP contribution in [0.1, 0.15) is 17.2 Å². The molecule has 5 nitrogen and oxygen atoms in total. The van der Waals surface area contributed by atoms with Crippen molar-refractivity contribution in [1.82, 2.24) is 15.5 Å². The van der Waals surface area contributed by atoms with Crippen LogP contribution >= 0.6 is 24.0 Å². The first-order chi connectivity index (χ1) is 11.2. The van der Waals surface area contributed by atoms with Gasteiger partial charge in [-0.1, -0.05) is 35.9 Å². The van der Waals surface area contributed by atoms with Gasteiger partial charge in [0.15, 0.2) is 5.96 Å². The molecule has 0 aromatic heterocycles. The first-order valence-electron chi connectivity index (χ1n) is 8.18. The Kier molecular flexibility index (Phi) is 9.97. The van der Waals surface area contributed by atoms with Crippen molar-refractivity contribution in [2.45, 2.75) is 13.0 Å². The lowest BCUT2D eigenvalue weighted by molar-refractivity contribution is 0.0170. The lowest BCUT2D eigenvalue weighted by atomic mass is 10.0. The molecule has 1 aromatic carbocycles. The topological polar surface area (TPSA) is 48.9 Å². The zero-order valence-electron chi connectivity index (χ0n) is 14.6. The molecule has 6 heteroatoms. The van der Waals surface area contributed by atoms with Crippen molar-refractivity contribution in [3.05, 3.63) is 48.0 Å². The van der Waals surface area contributed by atoms with Gasteiger partial charge in [-0.2, -0.15) is 0 Å². The highest BCUT2D eigenvalue weighted by Gasteiger charge is 2.22. The molecule has 134 valence electrons. The number of nitrogens with one attached hydrogen (secondary N) is 2. The molecular formula is C18H29IN4O. The van der Waals surface area contributed by atoms with E-state index in [1.807, 2.05) is 6.08 Å². The van der Waals surface area contributed by atoms with Gasteiger partial charge < -0.3 is 15.4 Å². The zero-order chi connectivity index (χ0) is 16.5. The maximum Gasteiger partial charge on any atom is 0.191 e. The molecule has 0 bridgehead atoms. The van der Waals surface area contributed by atoms with Crippen LogP contribution in [0.3, 0.4) is 0 Å². The number of guanidine groups is 1. The average Bonchev–Trinajstić information content (AvgIpc) is 2.60. The third-order valence-corrected chi connectivity index (χ3v) is 4.05. The second-order valence-electron chi connectivity index (χ2n) is 5.70. The number of morpholine rings is 1. The van der Waals surface area contributed by atoms with Gasteiger partial charge in [0.2, 0.25) is 0 Å². The molecule has 0 saturated carbocycles. The molecule has 1 unspecified atom stereocenters. The van der Waals surface area contributed by atoms with E-state index in [1.54, 1.807) is 7.05 Å². The number of aryl methyl sites for hydroxylation is 1. The Morgan fingerprint density at radius 1 is 1.29 bits per heavy atom. The first-order valence-corrected chi connectivity index (χ1v) is 8.18. The van der Waals surface area contributed by atoms with Gasteiger partial charge in [-0.05, 0) is 12.5 Å². The molecule has 1 aliphatic rings. The van der Waals surface area contributed by atoms with E-state index in [-0.39, 0.29) is 24.0 Å². The van der Waals surface area contributed by atoms with Crippen molar-refractivity contribution >= 4 is 29.9 Å². The summed E-state index contributed by atoms with van der Waals surface area (Å²) in [5.74, 6) is 0.801. The van der Waals surface area contributed by atoms with Gasteiger partial charge in [0, 0.05) is 33.2 Å². The summed E-state index contributed by atoms with van der Waals surface area (Å²) in [6, 6.07) is 9.09. The van der Waals surface area contributed by atoms with Crippen LogP contribution in [0.25, 0.3) is 0 Å². The highest BCUT2D eigenvalue weighted by Crippen LogP contribution is 2.21. The standard InChI is InChI=1S/C18H28N4O.HI/c1-4-9-20-18(19-3)21-14-17(22-10-12-23-13-11-22)16-7-5-15(2)6-8-16;/h4-8,17H,1,9-14H2,2-3H3,(H2,19,20,21);1H. The monoisotopic (exact) mass is 444 g/mol. The van der Waals surface area contributed by atoms with Crippen molar-refractivity contribution in [2.75, 3.05) is 46.4 Å². The highest BCUT2D eigenvalue weighted by molar-refractivity contribution is 14.0. The maximum absolute atomic E-state index is 5.50. The number of hydrogen-bond acceptors (Lipinski definition) is 3. The smallest absolute Gasteiger partial charge is 0.191 e.